The smallest absolute Gasteiger partial charge is 0.343 e. The first kappa shape index (κ1) is 55.1. The highest BCUT2D eigenvalue weighted by molar-refractivity contribution is 7.81. The summed E-state index contributed by atoms with van der Waals surface area (Å²) in [4.78, 5) is 134. The number of ketones is 2. The molecule has 4 atom stereocenters. The summed E-state index contributed by atoms with van der Waals surface area (Å²) in [5.41, 5.74) is 1.98. The normalized spacial score (nSPS) is 18.6. The van der Waals surface area contributed by atoms with E-state index in [9.17, 15) is 53.1 Å². The lowest BCUT2D eigenvalue weighted by Gasteiger charge is -2.31. The van der Waals surface area contributed by atoms with Crippen LogP contribution >= 0.6 is 12.6 Å². The number of aliphatic hydroxyl groups is 1. The molecule has 1 fully saturated rings. The van der Waals surface area contributed by atoms with Gasteiger partial charge in [0.1, 0.15) is 25.8 Å². The van der Waals surface area contributed by atoms with Crippen molar-refractivity contribution in [3.05, 3.63) is 97.6 Å². The minimum Gasteiger partial charge on any atom is -0.458 e. The van der Waals surface area contributed by atoms with E-state index in [2.05, 4.69) is 33.9 Å². The van der Waals surface area contributed by atoms with Crippen LogP contribution < -0.4 is 26.8 Å². The molecule has 0 bridgehead atoms. The van der Waals surface area contributed by atoms with E-state index in [1.165, 1.54) is 15.5 Å². The summed E-state index contributed by atoms with van der Waals surface area (Å²) < 4.78 is 27.6. The molecule has 1 aliphatic carbocycles. The maximum atomic E-state index is 15.4. The van der Waals surface area contributed by atoms with Crippen molar-refractivity contribution in [2.75, 3.05) is 26.4 Å². The number of cyclic esters (lactones) is 1. The first-order valence-electron chi connectivity index (χ1n) is 25.5. The molecule has 0 saturated carbocycles. The number of carbonyl (C=O) groups excluding carboxylic acids is 9. The van der Waals surface area contributed by atoms with Crippen LogP contribution in [0, 0.1) is 12.7 Å². The van der Waals surface area contributed by atoms with Gasteiger partial charge in [-0.05, 0) is 73.8 Å². The molecule has 22 heteroatoms. The Hall–Kier alpha value is -7.17. The molecule has 5 N–H and O–H groups in total. The molecule has 76 heavy (non-hydrogen) atoms. The highest BCUT2D eigenvalue weighted by Gasteiger charge is 2.46. The standard InChI is InChI=1S/C54H60FN7O13S/c1-3-54(73)35-21-40-50-33(25-62(40)51(70)34(35)26-75-53(54)72)49-37(15-14-32-29(2)36(55)22-39(60-50)48(32)49)58-46(68)27-74-28-57-44(66)18-16-41(64)38(20-30-10-6-4-7-11-30)59-45(67)17-13-31(63)24-56-43(65)12-8-5-9-19-61-47(69)23-42(76)52(61)71/h4,6-7,10-11,21-22,37-38,42,73,76H,3,5,8-9,12-20,23-28H2,1-2H3,(H,56,65)(H,57,66)(H,58,68)(H,59,67)/t37-,38?,42?,54-/m0/s1. The highest BCUT2D eigenvalue weighted by Crippen LogP contribution is 2.46. The van der Waals surface area contributed by atoms with E-state index in [1.54, 1.807) is 50.2 Å². The number of esters is 1. The van der Waals surface area contributed by atoms with E-state index in [4.69, 9.17) is 14.5 Å². The van der Waals surface area contributed by atoms with Crippen molar-refractivity contribution in [2.45, 2.75) is 133 Å². The maximum Gasteiger partial charge on any atom is 0.343 e. The number of hydrogen-bond acceptors (Lipinski definition) is 15. The second-order valence-electron chi connectivity index (χ2n) is 19.6. The van der Waals surface area contributed by atoms with Gasteiger partial charge in [-0.15, -0.1) is 0 Å². The van der Waals surface area contributed by atoms with Gasteiger partial charge < -0.3 is 40.4 Å². The van der Waals surface area contributed by atoms with Crippen molar-refractivity contribution in [1.82, 2.24) is 35.7 Å². The number of amides is 6. The van der Waals surface area contributed by atoms with Crippen LogP contribution in [-0.4, -0.2) is 110 Å². The number of ether oxygens (including phenoxy) is 2. The van der Waals surface area contributed by atoms with Crippen LogP contribution in [0.5, 0.6) is 0 Å². The predicted octanol–water partition coefficient (Wildman–Crippen LogP) is 2.88. The topological polar surface area (TPSA) is 279 Å². The summed E-state index contributed by atoms with van der Waals surface area (Å²) in [6.45, 7) is 2.16. The van der Waals surface area contributed by atoms with Crippen molar-refractivity contribution in [1.29, 1.82) is 0 Å². The molecule has 8 rings (SSSR count). The van der Waals surface area contributed by atoms with Crippen LogP contribution in [0.25, 0.3) is 22.3 Å². The Morgan fingerprint density at radius 1 is 0.921 bits per heavy atom. The molecule has 2 aromatic heterocycles. The number of nitrogens with zero attached hydrogens (tertiary/aromatic N) is 3. The number of thiol groups is 1. The van der Waals surface area contributed by atoms with E-state index >= 15 is 4.39 Å². The number of unbranched alkanes of at least 4 members (excludes halogenated alkanes) is 2. The summed E-state index contributed by atoms with van der Waals surface area (Å²) >= 11 is 4.10. The molecule has 0 radical (unpaired) electrons. The zero-order chi connectivity index (χ0) is 54.4. The second-order valence-corrected chi connectivity index (χ2v) is 20.2. The van der Waals surface area contributed by atoms with Crippen molar-refractivity contribution in [3.63, 3.8) is 0 Å². The van der Waals surface area contributed by atoms with Crippen LogP contribution in [0.4, 0.5) is 4.39 Å². The third kappa shape index (κ3) is 11.9. The van der Waals surface area contributed by atoms with E-state index in [1.807, 2.05) is 0 Å². The minimum absolute atomic E-state index is 0.0458. The van der Waals surface area contributed by atoms with Crippen LogP contribution in [0.2, 0.25) is 0 Å². The number of nitrogens with one attached hydrogen (secondary N) is 4. The number of hydrogen-bond donors (Lipinski definition) is 6. The van der Waals surface area contributed by atoms with E-state index in [-0.39, 0.29) is 113 Å². The number of benzene rings is 2. The molecule has 4 aliphatic rings. The number of aryl methyl sites for hydroxylation is 1. The zero-order valence-electron chi connectivity index (χ0n) is 42.2. The molecule has 6 amide bonds. The first-order valence-corrected chi connectivity index (χ1v) is 26.0. The number of Topliss-reactive ketones (excluding diaryl/α,β-unsaturated/α-hetero) is 2. The Balaban J connectivity index is 0.800. The van der Waals surface area contributed by atoms with Gasteiger partial charge in [-0.2, -0.15) is 12.6 Å². The quantitative estimate of drug-likeness (QED) is 0.0171. The number of halogens is 1. The number of pyridine rings is 2. The molecule has 3 aliphatic heterocycles. The molecule has 2 unspecified atom stereocenters. The largest absolute Gasteiger partial charge is 0.458 e. The van der Waals surface area contributed by atoms with Crippen molar-refractivity contribution >= 4 is 76.5 Å². The fourth-order valence-corrected chi connectivity index (χ4v) is 10.6. The Bertz CT molecular complexity index is 3090. The Labute approximate surface area is 441 Å². The summed E-state index contributed by atoms with van der Waals surface area (Å²) in [6, 6.07) is 10.2. The van der Waals surface area contributed by atoms with Gasteiger partial charge in [0.2, 0.25) is 35.4 Å². The second kappa shape index (κ2) is 23.8. The molecule has 20 nitrogen and oxygen atoms in total. The van der Waals surface area contributed by atoms with Crippen LogP contribution in [0.3, 0.4) is 0 Å². The third-order valence-corrected chi connectivity index (χ3v) is 14.9. The summed E-state index contributed by atoms with van der Waals surface area (Å²) in [5, 5.41) is 22.2. The average molecular weight is 1070 g/mol. The van der Waals surface area contributed by atoms with Gasteiger partial charge in [0.15, 0.2) is 17.2 Å². The monoisotopic (exact) mass is 1070 g/mol. The van der Waals surface area contributed by atoms with Gasteiger partial charge >= 0.3 is 5.97 Å². The fraction of sp³-hybridized carbons (Fsp3) is 0.463. The van der Waals surface area contributed by atoms with Gasteiger partial charge in [-0.25, -0.2) is 14.2 Å². The summed E-state index contributed by atoms with van der Waals surface area (Å²) in [6.07, 6.45) is 1.74. The Morgan fingerprint density at radius 3 is 2.41 bits per heavy atom. The number of rotatable bonds is 24. The number of aromatic nitrogens is 2. The molecule has 0 spiro atoms. The lowest BCUT2D eigenvalue weighted by molar-refractivity contribution is -0.172. The van der Waals surface area contributed by atoms with Crippen LogP contribution in [-0.2, 0) is 84.2 Å². The van der Waals surface area contributed by atoms with Gasteiger partial charge in [-0.3, -0.25) is 48.1 Å². The molecular weight excluding hydrogens is 1010 g/mol. The number of fused-ring (bicyclic) bond motifs is 5. The number of likely N-dealkylation sites (tertiary alicyclic amines) is 1. The van der Waals surface area contributed by atoms with Gasteiger partial charge in [-0.1, -0.05) is 43.7 Å². The summed E-state index contributed by atoms with van der Waals surface area (Å²) in [7, 11) is 0. The third-order valence-electron chi connectivity index (χ3n) is 14.5. The Kier molecular flexibility index (Phi) is 17.2. The fourth-order valence-electron chi connectivity index (χ4n) is 10.3. The predicted molar refractivity (Wildman–Crippen MR) is 274 cm³/mol. The SMILES string of the molecule is CC[C@@]1(O)C(=O)OCc2c1cc1n(c2=O)Cc2c-1nc1cc(F)c(C)c3c1c2[C@@H](NC(=O)COCNC(=O)CCC(=O)C(Cc1ccccc1)NC(=O)CCC(=O)CNC(=O)CCCCCN1C(=O)CC(S)C1=O)CC3. The van der Waals surface area contributed by atoms with Crippen molar-refractivity contribution in [2.24, 2.45) is 0 Å². The lowest BCUT2D eigenvalue weighted by Crippen LogP contribution is -2.44. The van der Waals surface area contributed by atoms with Gasteiger partial charge in [0.25, 0.3) is 5.56 Å². The van der Waals surface area contributed by atoms with E-state index in [0.29, 0.717) is 71.1 Å². The molecular formula is C54H60FN7O13S. The van der Waals surface area contributed by atoms with Gasteiger partial charge in [0.05, 0.1) is 52.9 Å². The van der Waals surface area contributed by atoms with E-state index < -0.39 is 76.2 Å². The average Bonchev–Trinajstić information content (AvgIpc) is 3.97. The van der Waals surface area contributed by atoms with Crippen LogP contribution in [0.1, 0.15) is 123 Å². The lowest BCUT2D eigenvalue weighted by atomic mass is 9.81. The van der Waals surface area contributed by atoms with Crippen LogP contribution in [0.15, 0.2) is 47.3 Å². The molecule has 4 aromatic rings. The first-order chi connectivity index (χ1) is 36.4. The number of carbonyl (C=O) groups is 9. The van der Waals surface area contributed by atoms with Crippen molar-refractivity contribution in [3.8, 4) is 11.4 Å². The van der Waals surface area contributed by atoms with E-state index in [0.717, 1.165) is 11.1 Å². The molecule has 402 valence electrons. The minimum atomic E-state index is -2.05. The number of imide groups is 1. The Morgan fingerprint density at radius 2 is 1.67 bits per heavy atom. The zero-order valence-corrected chi connectivity index (χ0v) is 43.1. The molecule has 1 saturated heterocycles. The molecule has 2 aromatic carbocycles. The summed E-state index contributed by atoms with van der Waals surface area (Å²) in [5.74, 6) is -4.73. The van der Waals surface area contributed by atoms with Crippen molar-refractivity contribution < 1.29 is 62.1 Å². The highest BCUT2D eigenvalue weighted by atomic mass is 32.1. The van der Waals surface area contributed by atoms with Gasteiger partial charge in [0, 0.05) is 67.6 Å². The maximum absolute atomic E-state index is 15.4. The molecule has 5 heterocycles.